The number of hydrogen-bond acceptors (Lipinski definition) is 3. The van der Waals surface area contributed by atoms with Crippen LogP contribution >= 0.6 is 0 Å². The van der Waals surface area contributed by atoms with E-state index in [1.54, 1.807) is 10.9 Å². The van der Waals surface area contributed by atoms with Crippen LogP contribution in [0.25, 0.3) is 0 Å². The standard InChI is InChI=1S/C13H16N2O2/c16-8-4-7-15-10-13(9-14-15)17-11-12-5-2-1-3-6-12/h1-3,5-6,9-10,16H,4,7-8,11H2. The molecular formula is C13H16N2O2. The average molecular weight is 232 g/mol. The van der Waals surface area contributed by atoms with Crippen LogP contribution in [0.4, 0.5) is 0 Å². The maximum Gasteiger partial charge on any atom is 0.157 e. The predicted octanol–water partition coefficient (Wildman–Crippen LogP) is 1.84. The lowest BCUT2D eigenvalue weighted by Crippen LogP contribution is -2.00. The van der Waals surface area contributed by atoms with E-state index in [-0.39, 0.29) is 6.61 Å². The van der Waals surface area contributed by atoms with Crippen LogP contribution in [0, 0.1) is 0 Å². The quantitative estimate of drug-likeness (QED) is 0.826. The fraction of sp³-hybridized carbons (Fsp3) is 0.308. The van der Waals surface area contributed by atoms with Crippen molar-refractivity contribution in [3.05, 3.63) is 48.3 Å². The third kappa shape index (κ3) is 3.60. The molecule has 1 heterocycles. The van der Waals surface area contributed by atoms with Gasteiger partial charge in [-0.05, 0) is 12.0 Å². The van der Waals surface area contributed by atoms with Crippen molar-refractivity contribution in [2.24, 2.45) is 0 Å². The van der Waals surface area contributed by atoms with Gasteiger partial charge in [-0.1, -0.05) is 30.3 Å². The molecule has 0 bridgehead atoms. The average Bonchev–Trinajstić information content (AvgIpc) is 2.83. The number of hydrogen-bond donors (Lipinski definition) is 1. The fourth-order valence-electron chi connectivity index (χ4n) is 1.52. The van der Waals surface area contributed by atoms with Gasteiger partial charge in [0.25, 0.3) is 0 Å². The first kappa shape index (κ1) is 11.7. The lowest BCUT2D eigenvalue weighted by Gasteiger charge is -2.02. The SMILES string of the molecule is OCCCn1cc(OCc2ccccc2)cn1. The summed E-state index contributed by atoms with van der Waals surface area (Å²) in [4.78, 5) is 0. The molecule has 90 valence electrons. The Morgan fingerprint density at radius 1 is 1.24 bits per heavy atom. The van der Waals surface area contributed by atoms with Crippen LogP contribution in [0.15, 0.2) is 42.7 Å². The first-order valence-corrected chi connectivity index (χ1v) is 5.68. The molecule has 0 aliphatic rings. The third-order valence-corrected chi connectivity index (χ3v) is 2.40. The van der Waals surface area contributed by atoms with Crippen molar-refractivity contribution < 1.29 is 9.84 Å². The van der Waals surface area contributed by atoms with E-state index in [2.05, 4.69) is 5.10 Å². The first-order valence-electron chi connectivity index (χ1n) is 5.68. The Bertz CT molecular complexity index is 440. The van der Waals surface area contributed by atoms with Crippen molar-refractivity contribution in [3.63, 3.8) is 0 Å². The van der Waals surface area contributed by atoms with Crippen LogP contribution in [-0.2, 0) is 13.2 Å². The maximum atomic E-state index is 8.71. The maximum absolute atomic E-state index is 8.71. The van der Waals surface area contributed by atoms with Gasteiger partial charge in [0.2, 0.25) is 0 Å². The topological polar surface area (TPSA) is 47.3 Å². The monoisotopic (exact) mass is 232 g/mol. The molecule has 0 atom stereocenters. The van der Waals surface area contributed by atoms with E-state index >= 15 is 0 Å². The smallest absolute Gasteiger partial charge is 0.157 e. The number of aliphatic hydroxyl groups excluding tert-OH is 1. The van der Waals surface area contributed by atoms with E-state index in [9.17, 15) is 0 Å². The Morgan fingerprint density at radius 2 is 2.06 bits per heavy atom. The summed E-state index contributed by atoms with van der Waals surface area (Å²) in [5.41, 5.74) is 1.13. The van der Waals surface area contributed by atoms with Gasteiger partial charge in [0.15, 0.2) is 5.75 Å². The number of benzene rings is 1. The molecule has 0 aliphatic carbocycles. The zero-order chi connectivity index (χ0) is 11.9. The molecule has 0 saturated carbocycles. The summed E-state index contributed by atoms with van der Waals surface area (Å²) in [5, 5.41) is 12.9. The first-order chi connectivity index (χ1) is 8.38. The molecule has 2 aromatic rings. The van der Waals surface area contributed by atoms with Crippen LogP contribution < -0.4 is 4.74 Å². The highest BCUT2D eigenvalue weighted by Crippen LogP contribution is 2.11. The van der Waals surface area contributed by atoms with E-state index in [0.29, 0.717) is 19.6 Å². The minimum Gasteiger partial charge on any atom is -0.486 e. The Labute approximate surface area is 100 Å². The van der Waals surface area contributed by atoms with Crippen molar-refractivity contribution in [3.8, 4) is 5.75 Å². The lowest BCUT2D eigenvalue weighted by atomic mass is 10.2. The molecule has 17 heavy (non-hydrogen) atoms. The van der Waals surface area contributed by atoms with Crippen molar-refractivity contribution >= 4 is 0 Å². The molecular weight excluding hydrogens is 216 g/mol. The minimum absolute atomic E-state index is 0.181. The van der Waals surface area contributed by atoms with Crippen molar-refractivity contribution in [2.75, 3.05) is 6.61 Å². The Hall–Kier alpha value is -1.81. The number of rotatable bonds is 6. The molecule has 4 heteroatoms. The molecule has 0 amide bonds. The second-order valence-corrected chi connectivity index (χ2v) is 3.79. The van der Waals surface area contributed by atoms with Gasteiger partial charge in [0.1, 0.15) is 6.61 Å². The number of aliphatic hydroxyl groups is 1. The van der Waals surface area contributed by atoms with Crippen molar-refractivity contribution in [1.29, 1.82) is 0 Å². The summed E-state index contributed by atoms with van der Waals surface area (Å²) >= 11 is 0. The molecule has 0 spiro atoms. The molecule has 4 nitrogen and oxygen atoms in total. The Balaban J connectivity index is 1.85. The van der Waals surface area contributed by atoms with Gasteiger partial charge in [-0.25, -0.2) is 0 Å². The summed E-state index contributed by atoms with van der Waals surface area (Å²) in [7, 11) is 0. The van der Waals surface area contributed by atoms with Crippen LogP contribution in [0.5, 0.6) is 5.75 Å². The summed E-state index contributed by atoms with van der Waals surface area (Å²) < 4.78 is 7.38. The molecule has 1 aromatic carbocycles. The number of ether oxygens (including phenoxy) is 1. The van der Waals surface area contributed by atoms with Gasteiger partial charge in [0, 0.05) is 13.2 Å². The summed E-state index contributed by atoms with van der Waals surface area (Å²) in [6, 6.07) is 10.0. The van der Waals surface area contributed by atoms with Gasteiger partial charge in [-0.15, -0.1) is 0 Å². The largest absolute Gasteiger partial charge is 0.486 e. The van der Waals surface area contributed by atoms with E-state index in [0.717, 1.165) is 11.3 Å². The normalized spacial score (nSPS) is 10.4. The van der Waals surface area contributed by atoms with Gasteiger partial charge in [-0.2, -0.15) is 5.10 Å². The van der Waals surface area contributed by atoms with Gasteiger partial charge in [-0.3, -0.25) is 4.68 Å². The molecule has 1 aromatic heterocycles. The molecule has 0 fully saturated rings. The van der Waals surface area contributed by atoms with E-state index in [1.807, 2.05) is 36.5 Å². The zero-order valence-corrected chi connectivity index (χ0v) is 9.62. The number of aromatic nitrogens is 2. The van der Waals surface area contributed by atoms with Crippen molar-refractivity contribution in [2.45, 2.75) is 19.6 Å². The van der Waals surface area contributed by atoms with Gasteiger partial charge >= 0.3 is 0 Å². The highest BCUT2D eigenvalue weighted by Gasteiger charge is 1.99. The minimum atomic E-state index is 0.181. The number of nitrogens with zero attached hydrogens (tertiary/aromatic N) is 2. The molecule has 0 radical (unpaired) electrons. The predicted molar refractivity (Wildman–Crippen MR) is 64.7 cm³/mol. The molecule has 0 saturated heterocycles. The van der Waals surface area contributed by atoms with Gasteiger partial charge < -0.3 is 9.84 Å². The van der Waals surface area contributed by atoms with E-state index < -0.39 is 0 Å². The Kier molecular flexibility index (Phi) is 4.16. The molecule has 2 rings (SSSR count). The van der Waals surface area contributed by atoms with Crippen molar-refractivity contribution in [1.82, 2.24) is 9.78 Å². The van der Waals surface area contributed by atoms with E-state index in [1.165, 1.54) is 0 Å². The summed E-state index contributed by atoms with van der Waals surface area (Å²) in [6.07, 6.45) is 4.25. The van der Waals surface area contributed by atoms with Crippen LogP contribution in [0.2, 0.25) is 0 Å². The third-order valence-electron chi connectivity index (χ3n) is 2.40. The molecule has 1 N–H and O–H groups in total. The Morgan fingerprint density at radius 3 is 2.82 bits per heavy atom. The second kappa shape index (κ2) is 6.06. The van der Waals surface area contributed by atoms with Crippen LogP contribution in [-0.4, -0.2) is 21.5 Å². The molecule has 0 aliphatic heterocycles. The zero-order valence-electron chi connectivity index (χ0n) is 9.62. The summed E-state index contributed by atoms with van der Waals surface area (Å²) in [5.74, 6) is 0.756. The summed E-state index contributed by atoms with van der Waals surface area (Å²) in [6.45, 7) is 1.44. The fourth-order valence-corrected chi connectivity index (χ4v) is 1.52. The highest BCUT2D eigenvalue weighted by molar-refractivity contribution is 5.16. The second-order valence-electron chi connectivity index (χ2n) is 3.79. The highest BCUT2D eigenvalue weighted by atomic mass is 16.5. The van der Waals surface area contributed by atoms with Crippen LogP contribution in [0.1, 0.15) is 12.0 Å². The van der Waals surface area contributed by atoms with E-state index in [4.69, 9.17) is 9.84 Å². The number of aryl methyl sites for hydroxylation is 1. The van der Waals surface area contributed by atoms with Crippen LogP contribution in [0.3, 0.4) is 0 Å². The lowest BCUT2D eigenvalue weighted by molar-refractivity contribution is 0.276. The molecule has 0 unspecified atom stereocenters. The van der Waals surface area contributed by atoms with Gasteiger partial charge in [0.05, 0.1) is 12.4 Å².